The van der Waals surface area contributed by atoms with Gasteiger partial charge in [-0.25, -0.2) is 4.79 Å². The molecular weight excluding hydrogens is 232 g/mol. The first-order valence-electron chi connectivity index (χ1n) is 6.50. The molecule has 0 bridgehead atoms. The van der Waals surface area contributed by atoms with E-state index in [0.29, 0.717) is 6.29 Å². The second-order valence-corrected chi connectivity index (χ2v) is 4.84. The van der Waals surface area contributed by atoms with Crippen LogP contribution in [0.25, 0.3) is 0 Å². The van der Waals surface area contributed by atoms with Gasteiger partial charge in [0.25, 0.3) is 0 Å². The third-order valence-electron chi connectivity index (χ3n) is 3.54. The summed E-state index contributed by atoms with van der Waals surface area (Å²) in [5, 5.41) is 13.0. The summed E-state index contributed by atoms with van der Waals surface area (Å²) in [6.45, 7) is 0. The predicted octanol–water partition coefficient (Wildman–Crippen LogP) is 2.68. The fourth-order valence-electron chi connectivity index (χ4n) is 2.54. The van der Waals surface area contributed by atoms with Crippen molar-refractivity contribution >= 4 is 12.3 Å². The third-order valence-corrected chi connectivity index (χ3v) is 3.54. The zero-order chi connectivity index (χ0) is 13.0. The Hall–Kier alpha value is -1.65. The van der Waals surface area contributed by atoms with Crippen molar-refractivity contribution in [3.05, 3.63) is 17.5 Å². The fourth-order valence-corrected chi connectivity index (χ4v) is 2.54. The average Bonchev–Trinajstić information content (AvgIpc) is 2.72. The number of rotatable bonds is 3. The van der Waals surface area contributed by atoms with Crippen LogP contribution in [0.15, 0.2) is 6.20 Å². The molecule has 0 atom stereocenters. The van der Waals surface area contributed by atoms with Crippen LogP contribution < -0.4 is 0 Å². The van der Waals surface area contributed by atoms with Crippen LogP contribution in [0.5, 0.6) is 0 Å². The van der Waals surface area contributed by atoms with Crippen molar-refractivity contribution < 1.29 is 14.7 Å². The predicted molar refractivity (Wildman–Crippen MR) is 65.9 cm³/mol. The molecule has 1 fully saturated rings. The minimum Gasteiger partial charge on any atom is -0.476 e. The Bertz CT molecular complexity index is 431. The summed E-state index contributed by atoms with van der Waals surface area (Å²) in [4.78, 5) is 21.8. The van der Waals surface area contributed by atoms with Gasteiger partial charge >= 0.3 is 5.97 Å². The Morgan fingerprint density at radius 3 is 2.39 bits per heavy atom. The van der Waals surface area contributed by atoms with Crippen molar-refractivity contribution in [3.63, 3.8) is 0 Å². The first-order chi connectivity index (χ1) is 8.72. The van der Waals surface area contributed by atoms with Crippen LogP contribution in [0, 0.1) is 0 Å². The van der Waals surface area contributed by atoms with E-state index in [1.165, 1.54) is 19.3 Å². The van der Waals surface area contributed by atoms with Crippen molar-refractivity contribution in [1.29, 1.82) is 0 Å². The molecule has 1 saturated carbocycles. The van der Waals surface area contributed by atoms with Gasteiger partial charge in [0.15, 0.2) is 12.0 Å². The molecule has 0 aliphatic heterocycles. The van der Waals surface area contributed by atoms with Crippen LogP contribution in [0.4, 0.5) is 0 Å². The van der Waals surface area contributed by atoms with E-state index in [1.54, 1.807) is 10.9 Å². The van der Waals surface area contributed by atoms with Crippen LogP contribution in [0.2, 0.25) is 0 Å². The number of hydrogen-bond acceptors (Lipinski definition) is 3. The van der Waals surface area contributed by atoms with Gasteiger partial charge in [-0.05, 0) is 12.8 Å². The van der Waals surface area contributed by atoms with E-state index in [0.717, 1.165) is 25.7 Å². The highest BCUT2D eigenvalue weighted by Gasteiger charge is 2.20. The molecule has 18 heavy (non-hydrogen) atoms. The maximum atomic E-state index is 11.0. The topological polar surface area (TPSA) is 72.2 Å². The number of carbonyl (C=O) groups excluding carboxylic acids is 1. The van der Waals surface area contributed by atoms with Gasteiger partial charge in [-0.1, -0.05) is 32.1 Å². The van der Waals surface area contributed by atoms with Gasteiger partial charge in [0.2, 0.25) is 0 Å². The smallest absolute Gasteiger partial charge is 0.357 e. The van der Waals surface area contributed by atoms with Gasteiger partial charge in [-0.15, -0.1) is 0 Å². The summed E-state index contributed by atoms with van der Waals surface area (Å²) >= 11 is 0. The van der Waals surface area contributed by atoms with E-state index in [4.69, 9.17) is 5.11 Å². The van der Waals surface area contributed by atoms with Crippen molar-refractivity contribution in [2.45, 2.75) is 51.0 Å². The maximum absolute atomic E-state index is 11.0. The summed E-state index contributed by atoms with van der Waals surface area (Å²) in [5.74, 6) is -1.14. The summed E-state index contributed by atoms with van der Waals surface area (Å²) in [6.07, 6.45) is 10.2. The summed E-state index contributed by atoms with van der Waals surface area (Å²) in [7, 11) is 0. The second kappa shape index (κ2) is 5.80. The Labute approximate surface area is 106 Å². The highest BCUT2D eigenvalue weighted by Crippen LogP contribution is 2.26. The molecule has 0 amide bonds. The number of carbonyl (C=O) groups is 2. The van der Waals surface area contributed by atoms with Crippen molar-refractivity contribution in [2.24, 2.45) is 0 Å². The van der Waals surface area contributed by atoms with Crippen LogP contribution in [-0.2, 0) is 0 Å². The minimum atomic E-state index is -1.14. The zero-order valence-electron chi connectivity index (χ0n) is 10.3. The zero-order valence-corrected chi connectivity index (χ0v) is 10.3. The van der Waals surface area contributed by atoms with E-state index in [1.807, 2.05) is 0 Å². The Kier molecular flexibility index (Phi) is 4.12. The lowest BCUT2D eigenvalue weighted by molar-refractivity contribution is 0.0686. The molecule has 1 aliphatic rings. The third kappa shape index (κ3) is 2.78. The van der Waals surface area contributed by atoms with Crippen molar-refractivity contribution in [2.75, 3.05) is 0 Å². The van der Waals surface area contributed by atoms with Gasteiger partial charge in [-0.3, -0.25) is 9.48 Å². The number of hydrogen-bond donors (Lipinski definition) is 1. The molecule has 98 valence electrons. The fraction of sp³-hybridized carbons (Fsp3) is 0.615. The first kappa shape index (κ1) is 12.8. The van der Waals surface area contributed by atoms with E-state index in [2.05, 4.69) is 5.10 Å². The molecule has 5 heteroatoms. The summed E-state index contributed by atoms with van der Waals surface area (Å²) in [6, 6.07) is 0.233. The minimum absolute atomic E-state index is 0.132. The molecule has 1 aromatic heterocycles. The Morgan fingerprint density at radius 2 is 1.89 bits per heavy atom. The van der Waals surface area contributed by atoms with Crippen molar-refractivity contribution in [3.8, 4) is 0 Å². The van der Waals surface area contributed by atoms with Crippen molar-refractivity contribution in [1.82, 2.24) is 9.78 Å². The highest BCUT2D eigenvalue weighted by molar-refractivity contribution is 5.95. The average molecular weight is 250 g/mol. The van der Waals surface area contributed by atoms with E-state index in [9.17, 15) is 9.59 Å². The monoisotopic (exact) mass is 250 g/mol. The highest BCUT2D eigenvalue weighted by atomic mass is 16.4. The molecule has 0 aromatic carbocycles. The van der Waals surface area contributed by atoms with Gasteiger partial charge in [-0.2, -0.15) is 5.10 Å². The SMILES string of the molecule is O=Cc1cn(C2CCCCCCC2)nc1C(=O)O. The molecule has 1 heterocycles. The van der Waals surface area contributed by atoms with Gasteiger partial charge < -0.3 is 5.11 Å². The molecule has 5 nitrogen and oxygen atoms in total. The number of carboxylic acid groups (broad SMARTS) is 1. The number of aromatic nitrogens is 2. The van der Waals surface area contributed by atoms with Crippen LogP contribution in [-0.4, -0.2) is 27.1 Å². The normalized spacial score (nSPS) is 18.0. The quantitative estimate of drug-likeness (QED) is 0.837. The number of nitrogens with zero attached hydrogens (tertiary/aromatic N) is 2. The molecule has 1 N–H and O–H groups in total. The lowest BCUT2D eigenvalue weighted by atomic mass is 9.97. The molecule has 0 saturated heterocycles. The molecule has 0 radical (unpaired) electrons. The first-order valence-corrected chi connectivity index (χ1v) is 6.50. The van der Waals surface area contributed by atoms with Gasteiger partial charge in [0.05, 0.1) is 11.6 Å². The number of aromatic carboxylic acids is 1. The van der Waals surface area contributed by atoms with Crippen LogP contribution >= 0.6 is 0 Å². The molecule has 0 unspecified atom stereocenters. The molecule has 0 spiro atoms. The molecular formula is C13H18N2O3. The second-order valence-electron chi connectivity index (χ2n) is 4.84. The largest absolute Gasteiger partial charge is 0.476 e. The number of carboxylic acids is 1. The number of aldehydes is 1. The Morgan fingerprint density at radius 1 is 1.28 bits per heavy atom. The van der Waals surface area contributed by atoms with Gasteiger partial charge in [0, 0.05) is 6.20 Å². The summed E-state index contributed by atoms with van der Waals surface area (Å²) < 4.78 is 1.68. The lowest BCUT2D eigenvalue weighted by Gasteiger charge is -2.19. The summed E-state index contributed by atoms with van der Waals surface area (Å²) in [5.41, 5.74) is 0.0385. The Balaban J connectivity index is 2.20. The molecule has 1 aliphatic carbocycles. The lowest BCUT2D eigenvalue weighted by Crippen LogP contribution is -2.12. The maximum Gasteiger partial charge on any atom is 0.357 e. The molecule has 1 aromatic rings. The van der Waals surface area contributed by atoms with E-state index >= 15 is 0 Å². The standard InChI is InChI=1S/C13H18N2O3/c16-9-10-8-15(14-12(10)13(17)18)11-6-4-2-1-3-5-7-11/h8-9,11H,1-7H2,(H,17,18). The molecule has 2 rings (SSSR count). The van der Waals surface area contributed by atoms with Crippen LogP contribution in [0.1, 0.15) is 71.8 Å². The van der Waals surface area contributed by atoms with Gasteiger partial charge in [0.1, 0.15) is 0 Å². The van der Waals surface area contributed by atoms with E-state index < -0.39 is 5.97 Å². The van der Waals surface area contributed by atoms with Crippen LogP contribution in [0.3, 0.4) is 0 Å². The van der Waals surface area contributed by atoms with E-state index in [-0.39, 0.29) is 17.3 Å².